The minimum atomic E-state index is -0.0777. The number of hydrogen-bond acceptors (Lipinski definition) is 4. The molecule has 1 aliphatic heterocycles. The van der Waals surface area contributed by atoms with Gasteiger partial charge in [-0.3, -0.25) is 4.79 Å². The van der Waals surface area contributed by atoms with Crippen LogP contribution < -0.4 is 14.8 Å². The van der Waals surface area contributed by atoms with Gasteiger partial charge < -0.3 is 19.7 Å². The zero-order valence-corrected chi connectivity index (χ0v) is 13.0. The van der Waals surface area contributed by atoms with E-state index in [2.05, 4.69) is 17.3 Å². The normalized spacial score (nSPS) is 16.5. The van der Waals surface area contributed by atoms with Crippen LogP contribution in [-0.2, 0) is 0 Å². The largest absolute Gasteiger partial charge is 0.497 e. The second-order valence-corrected chi connectivity index (χ2v) is 5.56. The van der Waals surface area contributed by atoms with Gasteiger partial charge in [-0.2, -0.15) is 0 Å². The van der Waals surface area contributed by atoms with Gasteiger partial charge in [-0.05, 0) is 51.0 Å². The number of carbonyl (C=O) groups is 1. The molecule has 5 nitrogen and oxygen atoms in total. The highest BCUT2D eigenvalue weighted by atomic mass is 16.5. The number of hydrogen-bond donors (Lipinski definition) is 1. The van der Waals surface area contributed by atoms with Crippen molar-refractivity contribution in [3.8, 4) is 11.5 Å². The molecule has 1 aromatic rings. The summed E-state index contributed by atoms with van der Waals surface area (Å²) in [5.41, 5.74) is 0.569. The molecule has 0 saturated carbocycles. The molecule has 5 heteroatoms. The number of nitrogens with zero attached hydrogens (tertiary/aromatic N) is 1. The van der Waals surface area contributed by atoms with E-state index in [-0.39, 0.29) is 5.91 Å². The van der Waals surface area contributed by atoms with Crippen molar-refractivity contribution in [1.29, 1.82) is 0 Å². The molecule has 0 bridgehead atoms. The van der Waals surface area contributed by atoms with Crippen LogP contribution in [0.3, 0.4) is 0 Å². The van der Waals surface area contributed by atoms with Gasteiger partial charge in [0.1, 0.15) is 11.5 Å². The molecular formula is C16H24N2O3. The van der Waals surface area contributed by atoms with Gasteiger partial charge in [0.15, 0.2) is 0 Å². The lowest BCUT2D eigenvalue weighted by Crippen LogP contribution is -2.36. The summed E-state index contributed by atoms with van der Waals surface area (Å²) in [6, 6.07) is 5.22. The second kappa shape index (κ2) is 7.31. The Morgan fingerprint density at radius 2 is 1.76 bits per heavy atom. The van der Waals surface area contributed by atoms with Gasteiger partial charge >= 0.3 is 0 Å². The molecular weight excluding hydrogens is 268 g/mol. The van der Waals surface area contributed by atoms with Crippen LogP contribution in [0.5, 0.6) is 11.5 Å². The first kappa shape index (κ1) is 15.6. The van der Waals surface area contributed by atoms with E-state index in [9.17, 15) is 4.79 Å². The molecule has 1 amide bonds. The smallest absolute Gasteiger partial charge is 0.251 e. The van der Waals surface area contributed by atoms with Crippen molar-refractivity contribution in [2.45, 2.75) is 12.8 Å². The van der Waals surface area contributed by atoms with Gasteiger partial charge in [0.05, 0.1) is 14.2 Å². The van der Waals surface area contributed by atoms with Gasteiger partial charge in [-0.15, -0.1) is 0 Å². The van der Waals surface area contributed by atoms with Crippen LogP contribution in [0.4, 0.5) is 0 Å². The quantitative estimate of drug-likeness (QED) is 0.899. The number of rotatable bonds is 5. The lowest BCUT2D eigenvalue weighted by atomic mass is 9.97. The first-order valence-corrected chi connectivity index (χ1v) is 7.32. The Kier molecular flexibility index (Phi) is 5.44. The van der Waals surface area contributed by atoms with Crippen molar-refractivity contribution in [2.75, 3.05) is 40.9 Å². The third-order valence-electron chi connectivity index (χ3n) is 4.00. The molecule has 21 heavy (non-hydrogen) atoms. The maximum atomic E-state index is 12.3. The zero-order valence-electron chi connectivity index (χ0n) is 13.0. The summed E-state index contributed by atoms with van der Waals surface area (Å²) in [5, 5.41) is 3.02. The topological polar surface area (TPSA) is 50.8 Å². The van der Waals surface area contributed by atoms with E-state index in [0.29, 0.717) is 23.0 Å². The molecule has 0 spiro atoms. The number of benzene rings is 1. The Balaban J connectivity index is 1.93. The van der Waals surface area contributed by atoms with E-state index in [1.54, 1.807) is 32.4 Å². The maximum Gasteiger partial charge on any atom is 0.251 e. The van der Waals surface area contributed by atoms with Crippen LogP contribution >= 0.6 is 0 Å². The van der Waals surface area contributed by atoms with Crippen LogP contribution in [0.2, 0.25) is 0 Å². The Morgan fingerprint density at radius 1 is 1.19 bits per heavy atom. The molecule has 1 heterocycles. The van der Waals surface area contributed by atoms with E-state index >= 15 is 0 Å². The van der Waals surface area contributed by atoms with Crippen LogP contribution in [-0.4, -0.2) is 51.7 Å². The molecule has 2 rings (SSSR count). The van der Waals surface area contributed by atoms with Gasteiger partial charge in [0, 0.05) is 18.2 Å². The number of piperidine rings is 1. The fourth-order valence-electron chi connectivity index (χ4n) is 2.54. The molecule has 1 aromatic carbocycles. The van der Waals surface area contributed by atoms with Crippen molar-refractivity contribution in [3.05, 3.63) is 23.8 Å². The first-order chi connectivity index (χ1) is 10.1. The number of nitrogens with one attached hydrogen (secondary N) is 1. The number of carbonyl (C=O) groups excluding carboxylic acids is 1. The van der Waals surface area contributed by atoms with Crippen LogP contribution in [0.25, 0.3) is 0 Å². The number of methoxy groups -OCH3 is 2. The summed E-state index contributed by atoms with van der Waals surface area (Å²) in [7, 11) is 5.29. The van der Waals surface area contributed by atoms with Crippen molar-refractivity contribution < 1.29 is 14.3 Å². The first-order valence-electron chi connectivity index (χ1n) is 7.32. The molecule has 116 valence electrons. The van der Waals surface area contributed by atoms with Crippen molar-refractivity contribution in [3.63, 3.8) is 0 Å². The van der Waals surface area contributed by atoms with Crippen molar-refractivity contribution in [2.24, 2.45) is 5.92 Å². The standard InChI is InChI=1S/C16H24N2O3/c1-18-6-4-12(5-7-18)11-17-16(19)13-8-14(20-2)10-15(9-13)21-3/h8-10,12H,4-7,11H2,1-3H3,(H,17,19). The number of ether oxygens (including phenoxy) is 2. The lowest BCUT2D eigenvalue weighted by Gasteiger charge is -2.28. The number of amides is 1. The Labute approximate surface area is 126 Å². The van der Waals surface area contributed by atoms with Crippen LogP contribution in [0.1, 0.15) is 23.2 Å². The molecule has 0 unspecified atom stereocenters. The molecule has 1 N–H and O–H groups in total. The van der Waals surface area contributed by atoms with Crippen molar-refractivity contribution >= 4 is 5.91 Å². The van der Waals surface area contributed by atoms with Gasteiger partial charge in [0.2, 0.25) is 0 Å². The van der Waals surface area contributed by atoms with E-state index in [1.807, 2.05) is 0 Å². The molecule has 1 aliphatic rings. The number of likely N-dealkylation sites (tertiary alicyclic amines) is 1. The highest BCUT2D eigenvalue weighted by Crippen LogP contribution is 2.22. The lowest BCUT2D eigenvalue weighted by molar-refractivity contribution is 0.0938. The Bertz CT molecular complexity index is 460. The highest BCUT2D eigenvalue weighted by Gasteiger charge is 2.18. The third kappa shape index (κ3) is 4.36. The summed E-state index contributed by atoms with van der Waals surface area (Å²) in [6.07, 6.45) is 2.27. The molecule has 0 aliphatic carbocycles. The predicted octanol–water partition coefficient (Wildman–Crippen LogP) is 1.78. The van der Waals surface area contributed by atoms with E-state index in [0.717, 1.165) is 32.5 Å². The van der Waals surface area contributed by atoms with Gasteiger partial charge in [-0.1, -0.05) is 0 Å². The summed E-state index contributed by atoms with van der Waals surface area (Å²) < 4.78 is 10.4. The fraction of sp³-hybridized carbons (Fsp3) is 0.562. The monoisotopic (exact) mass is 292 g/mol. The maximum absolute atomic E-state index is 12.3. The van der Waals surface area contributed by atoms with E-state index < -0.39 is 0 Å². The Hall–Kier alpha value is -1.75. The highest BCUT2D eigenvalue weighted by molar-refractivity contribution is 5.95. The summed E-state index contributed by atoms with van der Waals surface area (Å²) >= 11 is 0. The summed E-state index contributed by atoms with van der Waals surface area (Å²) in [5.74, 6) is 1.74. The molecule has 0 atom stereocenters. The van der Waals surface area contributed by atoms with Crippen LogP contribution in [0, 0.1) is 5.92 Å². The van der Waals surface area contributed by atoms with E-state index in [1.165, 1.54) is 0 Å². The molecule has 0 aromatic heterocycles. The van der Waals surface area contributed by atoms with E-state index in [4.69, 9.17) is 9.47 Å². The molecule has 1 saturated heterocycles. The average molecular weight is 292 g/mol. The molecule has 1 fully saturated rings. The average Bonchev–Trinajstić information content (AvgIpc) is 2.53. The second-order valence-electron chi connectivity index (χ2n) is 5.56. The predicted molar refractivity (Wildman–Crippen MR) is 82.1 cm³/mol. The van der Waals surface area contributed by atoms with Crippen LogP contribution in [0.15, 0.2) is 18.2 Å². The zero-order chi connectivity index (χ0) is 15.2. The summed E-state index contributed by atoms with van der Waals surface area (Å²) in [4.78, 5) is 14.6. The minimum absolute atomic E-state index is 0.0777. The van der Waals surface area contributed by atoms with Gasteiger partial charge in [-0.25, -0.2) is 0 Å². The SMILES string of the molecule is COc1cc(OC)cc(C(=O)NCC2CCN(C)CC2)c1. The minimum Gasteiger partial charge on any atom is -0.497 e. The fourth-order valence-corrected chi connectivity index (χ4v) is 2.54. The third-order valence-corrected chi connectivity index (χ3v) is 4.00. The Morgan fingerprint density at radius 3 is 2.29 bits per heavy atom. The van der Waals surface area contributed by atoms with Crippen molar-refractivity contribution in [1.82, 2.24) is 10.2 Å². The summed E-state index contributed by atoms with van der Waals surface area (Å²) in [6.45, 7) is 2.94. The molecule has 0 radical (unpaired) electrons. The van der Waals surface area contributed by atoms with Gasteiger partial charge in [0.25, 0.3) is 5.91 Å².